The van der Waals surface area contributed by atoms with Gasteiger partial charge >= 0.3 is 5.97 Å². The fraction of sp³-hybridized carbons (Fsp3) is 0.273. The van der Waals surface area contributed by atoms with Crippen molar-refractivity contribution >= 4 is 17.6 Å². The number of carboxylic acids is 1. The molecule has 0 aromatic heterocycles. The van der Waals surface area contributed by atoms with E-state index in [1.165, 1.54) is 18.2 Å². The van der Waals surface area contributed by atoms with E-state index >= 15 is 0 Å². The summed E-state index contributed by atoms with van der Waals surface area (Å²) in [5.74, 6) is -1.97. The van der Waals surface area contributed by atoms with Gasteiger partial charge in [0.15, 0.2) is 0 Å². The summed E-state index contributed by atoms with van der Waals surface area (Å²) in [6.07, 6.45) is 0. The first kappa shape index (κ1) is 12.8. The molecule has 0 bridgehead atoms. The van der Waals surface area contributed by atoms with Gasteiger partial charge < -0.3 is 21.3 Å². The SMILES string of the molecule is CC(COc1ccc(N)cc1C(=O)O)C(N)=O. The van der Waals surface area contributed by atoms with Gasteiger partial charge in [0.25, 0.3) is 0 Å². The van der Waals surface area contributed by atoms with Crippen molar-refractivity contribution in [2.24, 2.45) is 11.7 Å². The van der Waals surface area contributed by atoms with Crippen LogP contribution in [0, 0.1) is 5.92 Å². The lowest BCUT2D eigenvalue weighted by Crippen LogP contribution is -2.26. The largest absolute Gasteiger partial charge is 0.492 e. The third-order valence-corrected chi connectivity index (χ3v) is 2.21. The van der Waals surface area contributed by atoms with Crippen LogP contribution in [0.1, 0.15) is 17.3 Å². The number of carbonyl (C=O) groups excluding carboxylic acids is 1. The normalized spacial score (nSPS) is 11.8. The number of carboxylic acid groups (broad SMARTS) is 1. The van der Waals surface area contributed by atoms with Gasteiger partial charge in [-0.3, -0.25) is 4.79 Å². The van der Waals surface area contributed by atoms with Crippen molar-refractivity contribution < 1.29 is 19.4 Å². The number of nitrogens with two attached hydrogens (primary N) is 2. The molecule has 0 radical (unpaired) electrons. The number of hydrogen-bond donors (Lipinski definition) is 3. The summed E-state index contributed by atoms with van der Waals surface area (Å²) in [6.45, 7) is 1.62. The average molecular weight is 238 g/mol. The maximum absolute atomic E-state index is 10.9. The molecule has 6 heteroatoms. The molecule has 0 aliphatic heterocycles. The Labute approximate surface area is 98.2 Å². The van der Waals surface area contributed by atoms with Gasteiger partial charge in [0.1, 0.15) is 11.3 Å². The number of carbonyl (C=O) groups is 2. The second-order valence-corrected chi connectivity index (χ2v) is 3.68. The first-order valence-electron chi connectivity index (χ1n) is 4.96. The first-order valence-corrected chi connectivity index (χ1v) is 4.96. The van der Waals surface area contributed by atoms with E-state index in [1.807, 2.05) is 0 Å². The third kappa shape index (κ3) is 3.37. The van der Waals surface area contributed by atoms with Crippen LogP contribution >= 0.6 is 0 Å². The molecular weight excluding hydrogens is 224 g/mol. The maximum atomic E-state index is 10.9. The van der Waals surface area contributed by atoms with Crippen LogP contribution in [0.25, 0.3) is 0 Å². The molecule has 1 atom stereocenters. The minimum absolute atomic E-state index is 0.0273. The lowest BCUT2D eigenvalue weighted by Gasteiger charge is -2.12. The van der Waals surface area contributed by atoms with Crippen LogP contribution in [0.5, 0.6) is 5.75 Å². The number of amides is 1. The second-order valence-electron chi connectivity index (χ2n) is 3.68. The van der Waals surface area contributed by atoms with Crippen molar-refractivity contribution in [2.75, 3.05) is 12.3 Å². The zero-order valence-electron chi connectivity index (χ0n) is 9.34. The molecule has 0 saturated heterocycles. The molecule has 1 rings (SSSR count). The van der Waals surface area contributed by atoms with Crippen molar-refractivity contribution in [1.82, 2.24) is 0 Å². The van der Waals surface area contributed by atoms with E-state index in [-0.39, 0.29) is 17.9 Å². The molecule has 1 aromatic rings. The Hall–Kier alpha value is -2.24. The fourth-order valence-corrected chi connectivity index (χ4v) is 1.14. The molecular formula is C11H14N2O4. The van der Waals surface area contributed by atoms with Crippen molar-refractivity contribution in [3.05, 3.63) is 23.8 Å². The van der Waals surface area contributed by atoms with E-state index in [0.29, 0.717) is 5.69 Å². The van der Waals surface area contributed by atoms with Gasteiger partial charge in [-0.25, -0.2) is 4.79 Å². The first-order chi connectivity index (χ1) is 7.91. The molecule has 0 aliphatic carbocycles. The quantitative estimate of drug-likeness (QED) is 0.645. The van der Waals surface area contributed by atoms with E-state index in [0.717, 1.165) is 0 Å². The number of hydrogen-bond acceptors (Lipinski definition) is 4. The standard InChI is InChI=1S/C11H14N2O4/c1-6(10(13)14)5-17-9-3-2-7(12)4-8(9)11(15)16/h2-4,6H,5,12H2,1H3,(H2,13,14)(H,15,16). The van der Waals surface area contributed by atoms with Crippen LogP contribution in [-0.2, 0) is 4.79 Å². The second kappa shape index (κ2) is 5.20. The monoisotopic (exact) mass is 238 g/mol. The zero-order valence-corrected chi connectivity index (χ0v) is 9.34. The molecule has 1 aromatic carbocycles. The van der Waals surface area contributed by atoms with Gasteiger partial charge in [-0.1, -0.05) is 6.92 Å². The Morgan fingerprint density at radius 3 is 2.65 bits per heavy atom. The Kier molecular flexibility index (Phi) is 3.92. The van der Waals surface area contributed by atoms with Gasteiger partial charge in [-0.15, -0.1) is 0 Å². The average Bonchev–Trinajstić information content (AvgIpc) is 2.26. The van der Waals surface area contributed by atoms with Gasteiger partial charge in [-0.2, -0.15) is 0 Å². The molecule has 1 amide bonds. The van der Waals surface area contributed by atoms with Crippen molar-refractivity contribution in [2.45, 2.75) is 6.92 Å². The maximum Gasteiger partial charge on any atom is 0.339 e. The van der Waals surface area contributed by atoms with Gasteiger partial charge in [0, 0.05) is 5.69 Å². The van der Waals surface area contributed by atoms with E-state index in [1.54, 1.807) is 6.92 Å². The van der Waals surface area contributed by atoms with Crippen LogP contribution in [0.4, 0.5) is 5.69 Å². The van der Waals surface area contributed by atoms with Crippen LogP contribution in [-0.4, -0.2) is 23.6 Å². The van der Waals surface area contributed by atoms with Crippen LogP contribution in [0.15, 0.2) is 18.2 Å². The summed E-state index contributed by atoms with van der Waals surface area (Å²) in [4.78, 5) is 21.7. The molecule has 6 nitrogen and oxygen atoms in total. The van der Waals surface area contributed by atoms with Gasteiger partial charge in [0.2, 0.25) is 5.91 Å². The third-order valence-electron chi connectivity index (χ3n) is 2.21. The molecule has 0 heterocycles. The molecule has 0 aliphatic rings. The highest BCUT2D eigenvalue weighted by Crippen LogP contribution is 2.21. The predicted molar refractivity (Wildman–Crippen MR) is 61.7 cm³/mol. The topological polar surface area (TPSA) is 116 Å². The number of primary amides is 1. The number of rotatable bonds is 5. The van der Waals surface area contributed by atoms with Crippen molar-refractivity contribution in [1.29, 1.82) is 0 Å². The fourth-order valence-electron chi connectivity index (χ4n) is 1.14. The summed E-state index contributed by atoms with van der Waals surface area (Å²) in [7, 11) is 0. The smallest absolute Gasteiger partial charge is 0.339 e. The number of anilines is 1. The molecule has 92 valence electrons. The van der Waals surface area contributed by atoms with Gasteiger partial charge in [-0.05, 0) is 18.2 Å². The number of ether oxygens (including phenoxy) is 1. The molecule has 0 spiro atoms. The van der Waals surface area contributed by atoms with Crippen molar-refractivity contribution in [3.8, 4) is 5.75 Å². The predicted octanol–water partition coefficient (Wildman–Crippen LogP) is 0.467. The minimum Gasteiger partial charge on any atom is -0.492 e. The lowest BCUT2D eigenvalue weighted by molar-refractivity contribution is -0.122. The molecule has 1 unspecified atom stereocenters. The molecule has 17 heavy (non-hydrogen) atoms. The summed E-state index contributed by atoms with van der Waals surface area (Å²) in [6, 6.07) is 4.27. The van der Waals surface area contributed by atoms with E-state index in [9.17, 15) is 9.59 Å². The van der Waals surface area contributed by atoms with Crippen LogP contribution < -0.4 is 16.2 Å². The van der Waals surface area contributed by atoms with E-state index in [4.69, 9.17) is 21.3 Å². The van der Waals surface area contributed by atoms with E-state index in [2.05, 4.69) is 0 Å². The van der Waals surface area contributed by atoms with Gasteiger partial charge in [0.05, 0.1) is 12.5 Å². The summed E-state index contributed by atoms with van der Waals surface area (Å²) in [5, 5.41) is 8.94. The summed E-state index contributed by atoms with van der Waals surface area (Å²) >= 11 is 0. The molecule has 5 N–H and O–H groups in total. The Balaban J connectivity index is 2.84. The summed E-state index contributed by atoms with van der Waals surface area (Å²) in [5.41, 5.74) is 10.8. The summed E-state index contributed by atoms with van der Waals surface area (Å²) < 4.78 is 5.24. The highest BCUT2D eigenvalue weighted by molar-refractivity contribution is 5.92. The Morgan fingerprint density at radius 1 is 1.47 bits per heavy atom. The lowest BCUT2D eigenvalue weighted by atomic mass is 10.1. The highest BCUT2D eigenvalue weighted by atomic mass is 16.5. The number of aromatic carboxylic acids is 1. The molecule has 0 saturated carbocycles. The molecule has 0 fully saturated rings. The Morgan fingerprint density at radius 2 is 2.12 bits per heavy atom. The van der Waals surface area contributed by atoms with Crippen molar-refractivity contribution in [3.63, 3.8) is 0 Å². The highest BCUT2D eigenvalue weighted by Gasteiger charge is 2.14. The van der Waals surface area contributed by atoms with Crippen LogP contribution in [0.2, 0.25) is 0 Å². The number of nitrogen functional groups attached to an aromatic ring is 1. The van der Waals surface area contributed by atoms with E-state index < -0.39 is 17.8 Å². The van der Waals surface area contributed by atoms with Crippen LogP contribution in [0.3, 0.4) is 0 Å². The number of benzene rings is 1. The zero-order chi connectivity index (χ0) is 13.0. The minimum atomic E-state index is -1.14. The Bertz CT molecular complexity index is 445.